The van der Waals surface area contributed by atoms with Gasteiger partial charge in [-0.15, -0.1) is 0 Å². The summed E-state index contributed by atoms with van der Waals surface area (Å²) in [6.45, 7) is 2.41. The second kappa shape index (κ2) is 8.28. The summed E-state index contributed by atoms with van der Waals surface area (Å²) in [6.07, 6.45) is -2.08. The van der Waals surface area contributed by atoms with E-state index >= 15 is 0 Å². The minimum atomic E-state index is -2.08. The maximum absolute atomic E-state index is 8.44. The van der Waals surface area contributed by atoms with Gasteiger partial charge in [-0.1, -0.05) is 54.6 Å². The predicted octanol–water partition coefficient (Wildman–Crippen LogP) is 2.50. The van der Waals surface area contributed by atoms with E-state index in [0.29, 0.717) is 0 Å². The average Bonchev–Trinajstić information content (AvgIpc) is 2.63. The molecule has 1 N–H and O–H groups in total. The van der Waals surface area contributed by atoms with Crippen LogP contribution in [0.1, 0.15) is 0 Å². The maximum atomic E-state index is 8.44. The first-order chi connectivity index (χ1) is 11.5. The monoisotopic (exact) mass is 338 g/mol. The molecule has 0 saturated heterocycles. The summed E-state index contributed by atoms with van der Waals surface area (Å²) in [7, 11) is -1.53. The summed E-state index contributed by atoms with van der Waals surface area (Å²) in [6, 6.07) is 32.6. The van der Waals surface area contributed by atoms with Crippen LogP contribution in [0.25, 0.3) is 0 Å². The van der Waals surface area contributed by atoms with Crippen LogP contribution in [0, 0.1) is 0 Å². The van der Waals surface area contributed by atoms with Crippen molar-refractivity contribution in [3.05, 3.63) is 91.0 Å². The normalized spacial score (nSPS) is 10.4. The smallest absolute Gasteiger partial charge is 0.249 e. The summed E-state index contributed by atoms with van der Waals surface area (Å²) < 4.78 is 0. The summed E-state index contributed by atoms with van der Waals surface area (Å²) in [5.74, 6) is 0. The van der Waals surface area contributed by atoms with E-state index in [9.17, 15) is 0 Å². The molecule has 0 heterocycles. The first-order valence-electron chi connectivity index (χ1n) is 7.48. The third-order valence-corrected chi connectivity index (χ3v) is 7.81. The quantitative estimate of drug-likeness (QED) is 0.747. The molecule has 3 rings (SSSR count). The van der Waals surface area contributed by atoms with Crippen molar-refractivity contribution in [2.24, 2.45) is 0 Å². The van der Waals surface area contributed by atoms with Gasteiger partial charge in [-0.2, -0.15) is 0 Å². The number of hydrogen-bond donors (Lipinski definition) is 1. The second-order valence-corrected chi connectivity index (χ2v) is 8.84. The third-order valence-electron chi connectivity index (χ3n) is 3.82. The highest BCUT2D eigenvalue weighted by Gasteiger charge is 2.39. The Morgan fingerprint density at radius 2 is 0.917 bits per heavy atom. The highest BCUT2D eigenvalue weighted by atomic mass is 31.2. The van der Waals surface area contributed by atoms with Crippen molar-refractivity contribution in [1.82, 2.24) is 0 Å². The summed E-state index contributed by atoms with van der Waals surface area (Å²) >= 11 is 0. The van der Waals surface area contributed by atoms with Crippen molar-refractivity contribution < 1.29 is 15.0 Å². The molecule has 0 atom stereocenters. The standard InChI is InChI=1S/C19H18P.CH2O3/c1-20(17-11-5-2-6-12-17,18-13-7-3-8-14-18)19-15-9-4-10-16-19;2-1(3)4/h2-16H,1H3;(H2,2,3,4)/q+1;/p-1. The summed E-state index contributed by atoms with van der Waals surface area (Å²) in [4.78, 5) is 8.44. The van der Waals surface area contributed by atoms with Crippen LogP contribution in [0.3, 0.4) is 0 Å². The van der Waals surface area contributed by atoms with Gasteiger partial charge in [0, 0.05) is 0 Å². The number of rotatable bonds is 3. The van der Waals surface area contributed by atoms with Crippen molar-refractivity contribution >= 4 is 29.3 Å². The van der Waals surface area contributed by atoms with Crippen LogP contribution >= 0.6 is 7.26 Å². The molecule has 0 aliphatic carbocycles. The molecule has 122 valence electrons. The fraction of sp³-hybridized carbons (Fsp3) is 0.0500. The van der Waals surface area contributed by atoms with Crippen LogP contribution in [0.4, 0.5) is 4.79 Å². The van der Waals surface area contributed by atoms with Crippen LogP contribution in [0.2, 0.25) is 0 Å². The molecule has 3 nitrogen and oxygen atoms in total. The number of hydrogen-bond acceptors (Lipinski definition) is 2. The Morgan fingerprint density at radius 1 is 0.708 bits per heavy atom. The minimum absolute atomic E-state index is 1.43. The lowest BCUT2D eigenvalue weighted by Crippen LogP contribution is -2.30. The van der Waals surface area contributed by atoms with Crippen molar-refractivity contribution in [3.63, 3.8) is 0 Å². The molecule has 0 radical (unpaired) electrons. The van der Waals surface area contributed by atoms with Crippen LogP contribution in [-0.2, 0) is 0 Å². The number of carbonyl (C=O) groups is 1. The molecule has 0 saturated carbocycles. The zero-order chi connectivity index (χ0) is 17.4. The van der Waals surface area contributed by atoms with Crippen molar-refractivity contribution in [1.29, 1.82) is 0 Å². The van der Waals surface area contributed by atoms with Crippen LogP contribution in [-0.4, -0.2) is 17.9 Å². The SMILES string of the molecule is C[P+](c1ccccc1)(c1ccccc1)c1ccccc1.O=C([O-])O. The lowest BCUT2D eigenvalue weighted by molar-refractivity contribution is -0.275. The molecule has 0 bridgehead atoms. The summed E-state index contributed by atoms with van der Waals surface area (Å²) in [5, 5.41) is 19.6. The van der Waals surface area contributed by atoms with Crippen LogP contribution in [0.5, 0.6) is 0 Å². The van der Waals surface area contributed by atoms with E-state index in [1.165, 1.54) is 15.9 Å². The van der Waals surface area contributed by atoms with Gasteiger partial charge >= 0.3 is 0 Å². The van der Waals surface area contributed by atoms with Gasteiger partial charge in [0.15, 0.2) is 0 Å². The lowest BCUT2D eigenvalue weighted by atomic mass is 10.4. The molecular formula is C20H19O3P. The molecule has 0 aromatic heterocycles. The van der Waals surface area contributed by atoms with Crippen LogP contribution in [0.15, 0.2) is 91.0 Å². The first-order valence-corrected chi connectivity index (χ1v) is 9.72. The topological polar surface area (TPSA) is 60.4 Å². The van der Waals surface area contributed by atoms with Crippen molar-refractivity contribution in [2.75, 3.05) is 6.66 Å². The fourth-order valence-corrected chi connectivity index (χ4v) is 5.83. The molecule has 0 fully saturated rings. The molecule has 4 heteroatoms. The Morgan fingerprint density at radius 3 is 1.12 bits per heavy atom. The molecule has 0 spiro atoms. The maximum Gasteiger partial charge on any atom is 0.249 e. The Balaban J connectivity index is 0.000000471. The van der Waals surface area contributed by atoms with E-state index in [2.05, 4.69) is 97.7 Å². The van der Waals surface area contributed by atoms with Gasteiger partial charge in [-0.05, 0) is 36.4 Å². The largest absolute Gasteiger partial charge is 0.565 e. The average molecular weight is 338 g/mol. The van der Waals surface area contributed by atoms with E-state index in [0.717, 1.165) is 0 Å². The van der Waals surface area contributed by atoms with E-state index in [1.54, 1.807) is 0 Å². The van der Waals surface area contributed by atoms with Gasteiger partial charge in [-0.25, -0.2) is 0 Å². The van der Waals surface area contributed by atoms with Crippen molar-refractivity contribution in [2.45, 2.75) is 0 Å². The molecule has 0 aliphatic rings. The number of benzene rings is 3. The fourth-order valence-electron chi connectivity index (χ4n) is 2.63. The Hall–Kier alpha value is -2.64. The highest BCUT2D eigenvalue weighted by Crippen LogP contribution is 2.51. The Bertz CT molecular complexity index is 658. The van der Waals surface area contributed by atoms with Gasteiger partial charge in [0.05, 0.1) is 6.66 Å². The van der Waals surface area contributed by atoms with Gasteiger partial charge in [0.25, 0.3) is 0 Å². The lowest BCUT2D eigenvalue weighted by Gasteiger charge is -2.22. The molecule has 3 aromatic rings. The van der Waals surface area contributed by atoms with E-state index in [4.69, 9.17) is 15.0 Å². The predicted molar refractivity (Wildman–Crippen MR) is 99.1 cm³/mol. The second-order valence-electron chi connectivity index (χ2n) is 5.28. The zero-order valence-corrected chi connectivity index (χ0v) is 14.3. The third kappa shape index (κ3) is 4.21. The molecule has 0 aliphatic heterocycles. The van der Waals surface area contributed by atoms with Crippen molar-refractivity contribution in [3.8, 4) is 0 Å². The minimum Gasteiger partial charge on any atom is -0.565 e. The first kappa shape index (κ1) is 17.7. The van der Waals surface area contributed by atoms with Gasteiger partial charge in [0.1, 0.15) is 23.2 Å². The van der Waals surface area contributed by atoms with Gasteiger partial charge in [0.2, 0.25) is 6.16 Å². The molecule has 0 amide bonds. The van der Waals surface area contributed by atoms with Gasteiger partial charge < -0.3 is 15.0 Å². The van der Waals surface area contributed by atoms with E-state index in [1.807, 2.05) is 0 Å². The zero-order valence-electron chi connectivity index (χ0n) is 13.4. The van der Waals surface area contributed by atoms with Gasteiger partial charge in [-0.3, -0.25) is 0 Å². The molecular weight excluding hydrogens is 319 g/mol. The van der Waals surface area contributed by atoms with E-state index < -0.39 is 13.4 Å². The molecule has 3 aromatic carbocycles. The Labute approximate surface area is 142 Å². The Kier molecular flexibility index (Phi) is 6.11. The van der Waals surface area contributed by atoms with E-state index in [-0.39, 0.29) is 0 Å². The van der Waals surface area contributed by atoms with Crippen LogP contribution < -0.4 is 21.0 Å². The number of carboxylic acid groups (broad SMARTS) is 2. The highest BCUT2D eigenvalue weighted by molar-refractivity contribution is 7.95. The molecule has 0 unspecified atom stereocenters. The summed E-state index contributed by atoms with van der Waals surface area (Å²) in [5.41, 5.74) is 0. The molecule has 24 heavy (non-hydrogen) atoms.